The SMILES string of the molecule is Cc1cc(N)ccc1S(=O)(=O)Nc1nc(C)c(C)s1. The fourth-order valence-electron chi connectivity index (χ4n) is 1.66. The van der Waals surface area contributed by atoms with E-state index in [0.29, 0.717) is 16.4 Å². The Morgan fingerprint density at radius 1 is 1.26 bits per heavy atom. The Hall–Kier alpha value is -1.60. The molecule has 0 atom stereocenters. The highest BCUT2D eigenvalue weighted by Crippen LogP contribution is 2.25. The maximum absolute atomic E-state index is 12.3. The third-order valence-electron chi connectivity index (χ3n) is 2.74. The van der Waals surface area contributed by atoms with E-state index in [0.717, 1.165) is 10.6 Å². The van der Waals surface area contributed by atoms with Crippen LogP contribution >= 0.6 is 11.3 Å². The molecule has 1 aromatic carbocycles. The van der Waals surface area contributed by atoms with Gasteiger partial charge in [-0.1, -0.05) is 0 Å². The Bertz CT molecular complexity index is 701. The average Bonchev–Trinajstić information content (AvgIpc) is 2.56. The predicted molar refractivity (Wildman–Crippen MR) is 78.0 cm³/mol. The molecule has 2 aromatic rings. The summed E-state index contributed by atoms with van der Waals surface area (Å²) in [7, 11) is -3.62. The van der Waals surface area contributed by atoms with Crippen LogP contribution in [0, 0.1) is 20.8 Å². The molecule has 0 saturated heterocycles. The molecule has 19 heavy (non-hydrogen) atoms. The van der Waals surface area contributed by atoms with Crippen LogP contribution in [0.5, 0.6) is 0 Å². The largest absolute Gasteiger partial charge is 0.399 e. The Morgan fingerprint density at radius 2 is 1.95 bits per heavy atom. The van der Waals surface area contributed by atoms with Gasteiger partial charge in [-0.3, -0.25) is 4.72 Å². The summed E-state index contributed by atoms with van der Waals surface area (Å²) in [5.74, 6) is 0. The third-order valence-corrected chi connectivity index (χ3v) is 5.36. The van der Waals surface area contributed by atoms with Crippen molar-refractivity contribution in [1.29, 1.82) is 0 Å². The molecule has 1 heterocycles. The number of rotatable bonds is 3. The van der Waals surface area contributed by atoms with Crippen molar-refractivity contribution < 1.29 is 8.42 Å². The van der Waals surface area contributed by atoms with Gasteiger partial charge in [-0.05, 0) is 44.5 Å². The van der Waals surface area contributed by atoms with E-state index in [2.05, 4.69) is 9.71 Å². The topological polar surface area (TPSA) is 85.1 Å². The Labute approximate surface area is 116 Å². The standard InChI is InChI=1S/C12H15N3O2S2/c1-7-6-10(13)4-5-11(7)19(16,17)15-12-14-8(2)9(3)18-12/h4-6H,13H2,1-3H3,(H,14,15). The van der Waals surface area contributed by atoms with Crippen molar-refractivity contribution in [1.82, 2.24) is 4.98 Å². The first-order valence-corrected chi connectivity index (χ1v) is 7.92. The van der Waals surface area contributed by atoms with Gasteiger partial charge in [-0.2, -0.15) is 0 Å². The molecule has 1 aromatic heterocycles. The zero-order chi connectivity index (χ0) is 14.2. The molecule has 0 spiro atoms. The number of anilines is 2. The molecule has 2 rings (SSSR count). The summed E-state index contributed by atoms with van der Waals surface area (Å²) >= 11 is 1.32. The maximum Gasteiger partial charge on any atom is 0.263 e. The minimum absolute atomic E-state index is 0.215. The first kappa shape index (κ1) is 13.8. The van der Waals surface area contributed by atoms with Crippen molar-refractivity contribution in [2.24, 2.45) is 0 Å². The lowest BCUT2D eigenvalue weighted by Gasteiger charge is -2.08. The van der Waals surface area contributed by atoms with E-state index in [9.17, 15) is 8.42 Å². The van der Waals surface area contributed by atoms with Crippen molar-refractivity contribution >= 4 is 32.2 Å². The molecule has 0 saturated carbocycles. The van der Waals surface area contributed by atoms with E-state index >= 15 is 0 Å². The second-order valence-electron chi connectivity index (χ2n) is 4.29. The van der Waals surface area contributed by atoms with Crippen LogP contribution in [0.3, 0.4) is 0 Å². The van der Waals surface area contributed by atoms with Crippen LogP contribution in [0.1, 0.15) is 16.1 Å². The van der Waals surface area contributed by atoms with Gasteiger partial charge in [0.15, 0.2) is 5.13 Å². The number of hydrogen-bond acceptors (Lipinski definition) is 5. The lowest BCUT2D eigenvalue weighted by atomic mass is 10.2. The van der Waals surface area contributed by atoms with Gasteiger partial charge in [0.25, 0.3) is 10.0 Å². The van der Waals surface area contributed by atoms with Crippen LogP contribution in [-0.4, -0.2) is 13.4 Å². The van der Waals surface area contributed by atoms with Gasteiger partial charge in [0.1, 0.15) is 0 Å². The van der Waals surface area contributed by atoms with Gasteiger partial charge in [0.05, 0.1) is 10.6 Å². The van der Waals surface area contributed by atoms with Gasteiger partial charge < -0.3 is 5.73 Å². The lowest BCUT2D eigenvalue weighted by Crippen LogP contribution is -2.14. The van der Waals surface area contributed by atoms with E-state index in [1.807, 2.05) is 13.8 Å². The molecule has 0 amide bonds. The second-order valence-corrected chi connectivity index (χ2v) is 7.15. The van der Waals surface area contributed by atoms with Crippen molar-refractivity contribution in [2.45, 2.75) is 25.7 Å². The molecule has 0 bridgehead atoms. The zero-order valence-corrected chi connectivity index (χ0v) is 12.5. The lowest BCUT2D eigenvalue weighted by molar-refractivity contribution is 0.600. The second kappa shape index (κ2) is 4.82. The first-order chi connectivity index (χ1) is 8.79. The Kier molecular flexibility index (Phi) is 3.51. The molecule has 7 heteroatoms. The number of aryl methyl sites for hydroxylation is 3. The number of sulfonamides is 1. The van der Waals surface area contributed by atoms with E-state index in [1.54, 1.807) is 19.1 Å². The van der Waals surface area contributed by atoms with Crippen LogP contribution in [0.2, 0.25) is 0 Å². The number of thiazole rings is 1. The summed E-state index contributed by atoms with van der Waals surface area (Å²) in [6.45, 7) is 5.46. The summed E-state index contributed by atoms with van der Waals surface area (Å²) < 4.78 is 27.0. The van der Waals surface area contributed by atoms with Gasteiger partial charge >= 0.3 is 0 Å². The maximum atomic E-state index is 12.3. The van der Waals surface area contributed by atoms with E-state index in [-0.39, 0.29) is 4.90 Å². The summed E-state index contributed by atoms with van der Waals surface area (Å²) in [5, 5.41) is 0.381. The fraction of sp³-hybridized carbons (Fsp3) is 0.250. The fourth-order valence-corrected chi connectivity index (χ4v) is 3.94. The molecule has 0 fully saturated rings. The van der Waals surface area contributed by atoms with E-state index < -0.39 is 10.0 Å². The van der Waals surface area contributed by atoms with Crippen molar-refractivity contribution in [3.8, 4) is 0 Å². The normalized spacial score (nSPS) is 11.5. The third kappa shape index (κ3) is 2.87. The minimum atomic E-state index is -3.62. The van der Waals surface area contributed by atoms with Crippen LogP contribution < -0.4 is 10.5 Å². The summed E-state index contributed by atoms with van der Waals surface area (Å²) in [6, 6.07) is 4.70. The molecule has 102 valence electrons. The number of hydrogen-bond donors (Lipinski definition) is 2. The van der Waals surface area contributed by atoms with Crippen LogP contribution in [0.25, 0.3) is 0 Å². The summed E-state index contributed by atoms with van der Waals surface area (Å²) in [5.41, 5.74) is 7.60. The average molecular weight is 297 g/mol. The minimum Gasteiger partial charge on any atom is -0.399 e. The molecule has 0 radical (unpaired) electrons. The van der Waals surface area contributed by atoms with Crippen molar-refractivity contribution in [3.05, 3.63) is 34.3 Å². The van der Waals surface area contributed by atoms with E-state index in [1.165, 1.54) is 17.4 Å². The van der Waals surface area contributed by atoms with Gasteiger partial charge in [0.2, 0.25) is 0 Å². The number of aromatic nitrogens is 1. The number of nitrogens with two attached hydrogens (primary N) is 1. The van der Waals surface area contributed by atoms with Crippen LogP contribution in [0.4, 0.5) is 10.8 Å². The monoisotopic (exact) mass is 297 g/mol. The Morgan fingerprint density at radius 3 is 2.47 bits per heavy atom. The highest BCUT2D eigenvalue weighted by atomic mass is 32.2. The smallest absolute Gasteiger partial charge is 0.263 e. The van der Waals surface area contributed by atoms with Crippen LogP contribution in [-0.2, 0) is 10.0 Å². The molecule has 0 aliphatic rings. The highest BCUT2D eigenvalue weighted by molar-refractivity contribution is 7.93. The predicted octanol–water partition coefficient (Wildman–Crippen LogP) is 2.45. The van der Waals surface area contributed by atoms with Gasteiger partial charge in [-0.25, -0.2) is 13.4 Å². The van der Waals surface area contributed by atoms with Crippen LogP contribution in [0.15, 0.2) is 23.1 Å². The van der Waals surface area contributed by atoms with Gasteiger partial charge in [0, 0.05) is 10.6 Å². The molecule has 0 unspecified atom stereocenters. The number of benzene rings is 1. The highest BCUT2D eigenvalue weighted by Gasteiger charge is 2.18. The number of nitrogen functional groups attached to an aromatic ring is 1. The molecule has 5 nitrogen and oxygen atoms in total. The number of nitrogens with zero attached hydrogens (tertiary/aromatic N) is 1. The number of nitrogens with one attached hydrogen (secondary N) is 1. The Balaban J connectivity index is 2.37. The summed E-state index contributed by atoms with van der Waals surface area (Å²) in [4.78, 5) is 5.38. The molecular formula is C12H15N3O2S2. The molecule has 0 aliphatic carbocycles. The molecule has 3 N–H and O–H groups in total. The first-order valence-electron chi connectivity index (χ1n) is 5.62. The molecule has 0 aliphatic heterocycles. The van der Waals surface area contributed by atoms with Crippen molar-refractivity contribution in [2.75, 3.05) is 10.5 Å². The zero-order valence-electron chi connectivity index (χ0n) is 10.9. The summed E-state index contributed by atoms with van der Waals surface area (Å²) in [6.07, 6.45) is 0. The quantitative estimate of drug-likeness (QED) is 0.852. The van der Waals surface area contributed by atoms with E-state index in [4.69, 9.17) is 5.73 Å². The van der Waals surface area contributed by atoms with Crippen molar-refractivity contribution in [3.63, 3.8) is 0 Å². The molecular weight excluding hydrogens is 282 g/mol. The van der Waals surface area contributed by atoms with Gasteiger partial charge in [-0.15, -0.1) is 11.3 Å².